The van der Waals surface area contributed by atoms with Gasteiger partial charge in [0, 0.05) is 17.5 Å². The summed E-state index contributed by atoms with van der Waals surface area (Å²) in [5, 5.41) is 2.68. The largest absolute Gasteiger partial charge is 0.497 e. The number of esters is 1. The highest BCUT2D eigenvalue weighted by Gasteiger charge is 2.63. The Balaban J connectivity index is 1.25. The first-order valence-electron chi connectivity index (χ1n) is 13.9. The molecule has 0 unspecified atom stereocenters. The van der Waals surface area contributed by atoms with Crippen LogP contribution in [0.3, 0.4) is 0 Å². The Morgan fingerprint density at radius 1 is 0.805 bits per heavy atom. The number of methoxy groups -OCH3 is 1. The summed E-state index contributed by atoms with van der Waals surface area (Å²) in [6.07, 6.45) is 0.241. The van der Waals surface area contributed by atoms with Gasteiger partial charge in [-0.15, -0.1) is 0 Å². The van der Waals surface area contributed by atoms with Crippen molar-refractivity contribution in [2.75, 3.05) is 19.0 Å². The van der Waals surface area contributed by atoms with E-state index in [4.69, 9.17) is 9.47 Å². The maximum atomic E-state index is 14.1. The van der Waals surface area contributed by atoms with Crippen LogP contribution in [0.2, 0.25) is 0 Å². The number of hydrogen-bond acceptors (Lipinski definition) is 6. The molecule has 0 radical (unpaired) electrons. The first-order valence-corrected chi connectivity index (χ1v) is 13.9. The van der Waals surface area contributed by atoms with Crippen molar-refractivity contribution < 1.29 is 28.7 Å². The van der Waals surface area contributed by atoms with Crippen LogP contribution in [0.4, 0.5) is 5.69 Å². The molecule has 3 amide bonds. The van der Waals surface area contributed by atoms with E-state index in [1.54, 1.807) is 31.4 Å². The fourth-order valence-corrected chi connectivity index (χ4v) is 6.87. The average Bonchev–Trinajstić information content (AvgIpc) is 3.24. The van der Waals surface area contributed by atoms with Gasteiger partial charge in [0.2, 0.25) is 11.8 Å². The molecule has 1 fully saturated rings. The summed E-state index contributed by atoms with van der Waals surface area (Å²) in [6, 6.07) is 21.7. The second kappa shape index (κ2) is 10.5. The SMILES string of the molecule is COc1ccc(NC(=O)COC(=O)[C@H](CC(C)C)N2C(=O)[C@@H]3C4c5ccccc5C(c5ccccc54)[C@H]3C2=O)cc1. The Hall–Kier alpha value is -4.46. The Labute approximate surface area is 238 Å². The second-order valence-corrected chi connectivity index (χ2v) is 11.3. The quantitative estimate of drug-likeness (QED) is 0.327. The smallest absolute Gasteiger partial charge is 0.329 e. The number of carbonyl (C=O) groups excluding carboxylic acids is 4. The van der Waals surface area contributed by atoms with Crippen LogP contribution in [-0.4, -0.2) is 48.3 Å². The van der Waals surface area contributed by atoms with Gasteiger partial charge >= 0.3 is 5.97 Å². The van der Waals surface area contributed by atoms with E-state index in [1.807, 2.05) is 62.4 Å². The zero-order valence-corrected chi connectivity index (χ0v) is 23.2. The summed E-state index contributed by atoms with van der Waals surface area (Å²) in [7, 11) is 1.55. The van der Waals surface area contributed by atoms with Crippen LogP contribution in [0.25, 0.3) is 0 Å². The fourth-order valence-electron chi connectivity index (χ4n) is 6.87. The predicted octanol–water partition coefficient (Wildman–Crippen LogP) is 4.48. The first kappa shape index (κ1) is 26.7. The molecule has 1 heterocycles. The van der Waals surface area contributed by atoms with E-state index >= 15 is 0 Å². The van der Waals surface area contributed by atoms with Crippen molar-refractivity contribution in [3.05, 3.63) is 95.1 Å². The Kier molecular flexibility index (Phi) is 6.85. The van der Waals surface area contributed by atoms with Crippen LogP contribution in [0.5, 0.6) is 5.75 Å². The molecule has 8 heteroatoms. The van der Waals surface area contributed by atoms with Gasteiger partial charge in [0.15, 0.2) is 6.61 Å². The van der Waals surface area contributed by atoms with E-state index in [9.17, 15) is 19.2 Å². The molecule has 3 aromatic rings. The second-order valence-electron chi connectivity index (χ2n) is 11.3. The van der Waals surface area contributed by atoms with Crippen molar-refractivity contribution in [1.82, 2.24) is 4.90 Å². The molecular formula is C33H32N2O6. The minimum Gasteiger partial charge on any atom is -0.497 e. The molecule has 3 atom stereocenters. The molecule has 1 aliphatic heterocycles. The number of likely N-dealkylation sites (tertiary alicyclic amines) is 1. The van der Waals surface area contributed by atoms with Gasteiger partial charge in [-0.1, -0.05) is 62.4 Å². The summed E-state index contributed by atoms with van der Waals surface area (Å²) in [4.78, 5) is 55.4. The number of ether oxygens (including phenoxy) is 2. The summed E-state index contributed by atoms with van der Waals surface area (Å²) in [5.41, 5.74) is 4.80. The zero-order chi connectivity index (χ0) is 28.8. The summed E-state index contributed by atoms with van der Waals surface area (Å²) >= 11 is 0. The molecule has 4 aliphatic rings. The van der Waals surface area contributed by atoms with Crippen molar-refractivity contribution in [3.8, 4) is 5.75 Å². The number of amides is 3. The molecule has 3 aliphatic carbocycles. The third-order valence-electron chi connectivity index (χ3n) is 8.48. The van der Waals surface area contributed by atoms with Gasteiger partial charge in [-0.2, -0.15) is 0 Å². The molecule has 41 heavy (non-hydrogen) atoms. The lowest BCUT2D eigenvalue weighted by molar-refractivity contribution is -0.160. The highest BCUT2D eigenvalue weighted by molar-refractivity contribution is 6.10. The van der Waals surface area contributed by atoms with Gasteiger partial charge in [0.1, 0.15) is 11.8 Å². The topological polar surface area (TPSA) is 102 Å². The van der Waals surface area contributed by atoms with Gasteiger partial charge in [-0.3, -0.25) is 19.3 Å². The van der Waals surface area contributed by atoms with Crippen LogP contribution < -0.4 is 10.1 Å². The van der Waals surface area contributed by atoms with Gasteiger partial charge in [-0.05, 0) is 58.9 Å². The number of carbonyl (C=O) groups is 4. The van der Waals surface area contributed by atoms with Gasteiger partial charge in [0.05, 0.1) is 18.9 Å². The van der Waals surface area contributed by atoms with E-state index in [1.165, 1.54) is 0 Å². The van der Waals surface area contributed by atoms with Gasteiger partial charge in [0.25, 0.3) is 5.91 Å². The minimum absolute atomic E-state index is 0.00461. The zero-order valence-electron chi connectivity index (χ0n) is 23.2. The number of anilines is 1. The van der Waals surface area contributed by atoms with Crippen LogP contribution >= 0.6 is 0 Å². The van der Waals surface area contributed by atoms with Gasteiger partial charge < -0.3 is 14.8 Å². The lowest BCUT2D eigenvalue weighted by Crippen LogP contribution is -2.47. The summed E-state index contributed by atoms with van der Waals surface area (Å²) < 4.78 is 10.5. The van der Waals surface area contributed by atoms with E-state index < -0.39 is 36.4 Å². The molecule has 2 bridgehead atoms. The lowest BCUT2D eigenvalue weighted by atomic mass is 9.55. The maximum Gasteiger partial charge on any atom is 0.329 e. The average molecular weight is 553 g/mol. The molecule has 3 aromatic carbocycles. The lowest BCUT2D eigenvalue weighted by Gasteiger charge is -2.45. The van der Waals surface area contributed by atoms with E-state index in [-0.39, 0.29) is 36.0 Å². The van der Waals surface area contributed by atoms with Crippen molar-refractivity contribution in [2.24, 2.45) is 17.8 Å². The van der Waals surface area contributed by atoms with Crippen LogP contribution in [0, 0.1) is 17.8 Å². The number of nitrogens with zero attached hydrogens (tertiary/aromatic N) is 1. The molecule has 0 spiro atoms. The van der Waals surface area contributed by atoms with Gasteiger partial charge in [-0.25, -0.2) is 4.79 Å². The Morgan fingerprint density at radius 3 is 1.73 bits per heavy atom. The third-order valence-corrected chi connectivity index (χ3v) is 8.48. The Morgan fingerprint density at radius 2 is 1.29 bits per heavy atom. The van der Waals surface area contributed by atoms with Crippen LogP contribution in [0.1, 0.15) is 54.4 Å². The number of imide groups is 1. The van der Waals surface area contributed by atoms with Crippen molar-refractivity contribution in [3.63, 3.8) is 0 Å². The molecule has 8 nitrogen and oxygen atoms in total. The monoisotopic (exact) mass is 552 g/mol. The summed E-state index contributed by atoms with van der Waals surface area (Å²) in [6.45, 7) is 3.30. The Bertz CT molecular complexity index is 1420. The highest BCUT2D eigenvalue weighted by Crippen LogP contribution is 2.61. The highest BCUT2D eigenvalue weighted by atomic mass is 16.5. The summed E-state index contributed by atoms with van der Waals surface area (Å²) in [5.74, 6) is -3.02. The number of rotatable bonds is 8. The van der Waals surface area contributed by atoms with Crippen molar-refractivity contribution in [2.45, 2.75) is 38.1 Å². The number of hydrogen-bond donors (Lipinski definition) is 1. The fraction of sp³-hybridized carbons (Fsp3) is 0.333. The van der Waals surface area contributed by atoms with E-state index in [2.05, 4.69) is 5.32 Å². The van der Waals surface area contributed by atoms with Crippen molar-refractivity contribution in [1.29, 1.82) is 0 Å². The molecular weight excluding hydrogens is 520 g/mol. The third kappa shape index (κ3) is 4.47. The molecule has 0 aromatic heterocycles. The first-order chi connectivity index (χ1) is 19.8. The predicted molar refractivity (Wildman–Crippen MR) is 151 cm³/mol. The van der Waals surface area contributed by atoms with Crippen molar-refractivity contribution >= 4 is 29.4 Å². The van der Waals surface area contributed by atoms with Crippen LogP contribution in [-0.2, 0) is 23.9 Å². The molecule has 0 saturated carbocycles. The molecule has 210 valence electrons. The maximum absolute atomic E-state index is 14.1. The number of benzene rings is 3. The van der Waals surface area contributed by atoms with Crippen LogP contribution in [0.15, 0.2) is 72.8 Å². The normalized spacial score (nSPS) is 22.6. The number of nitrogens with one attached hydrogen (secondary N) is 1. The molecule has 1 N–H and O–H groups in total. The molecule has 1 saturated heterocycles. The van der Waals surface area contributed by atoms with E-state index in [0.717, 1.165) is 27.2 Å². The van der Waals surface area contributed by atoms with E-state index in [0.29, 0.717) is 11.4 Å². The minimum atomic E-state index is -1.11. The standard InChI is InChI=1S/C33H32N2O6/c1-18(2)16-25(33(39)41-17-26(36)34-19-12-14-20(40-3)15-13-19)35-31(37)29-27-21-8-4-5-9-22(21)28(30(29)32(35)38)24-11-7-6-10-23(24)27/h4-15,18,25,27-30H,16-17H2,1-3H3,(H,34,36)/t25-,27?,28?,29+,30+/m0/s1. The molecule has 7 rings (SSSR count).